The Morgan fingerprint density at radius 2 is 2.16 bits per heavy atom. The van der Waals surface area contributed by atoms with E-state index in [1.54, 1.807) is 0 Å². The second-order valence-electron chi connectivity index (χ2n) is 3.41. The van der Waals surface area contributed by atoms with E-state index in [1.807, 2.05) is 0 Å². The number of aromatic carboxylic acids is 1. The molecular formula is C9H9F2N3O5. The van der Waals surface area contributed by atoms with Gasteiger partial charge in [-0.25, -0.2) is 18.6 Å². The molecule has 1 atom stereocenters. The third-order valence-electron chi connectivity index (χ3n) is 2.06. The van der Waals surface area contributed by atoms with Gasteiger partial charge in [0.05, 0.1) is 4.92 Å². The van der Waals surface area contributed by atoms with E-state index in [-0.39, 0.29) is 0 Å². The number of rotatable bonds is 6. The van der Waals surface area contributed by atoms with Crippen LogP contribution in [0.25, 0.3) is 0 Å². The minimum absolute atomic E-state index is 0.486. The number of hydrogen-bond acceptors (Lipinski definition) is 6. The summed E-state index contributed by atoms with van der Waals surface area (Å²) < 4.78 is 24.1. The number of aromatic nitrogens is 1. The third-order valence-corrected chi connectivity index (χ3v) is 2.06. The van der Waals surface area contributed by atoms with Gasteiger partial charge >= 0.3 is 11.7 Å². The van der Waals surface area contributed by atoms with E-state index in [0.29, 0.717) is 0 Å². The zero-order valence-electron chi connectivity index (χ0n) is 9.29. The van der Waals surface area contributed by atoms with Gasteiger partial charge in [-0.3, -0.25) is 10.1 Å². The number of nitro groups is 1. The molecule has 19 heavy (non-hydrogen) atoms. The molecule has 0 aliphatic rings. The number of aliphatic hydroxyl groups is 1. The van der Waals surface area contributed by atoms with E-state index < -0.39 is 47.2 Å². The average molecular weight is 277 g/mol. The Labute approximate surface area is 104 Å². The standard InChI is InChI=1S/C9H9F2N3O5/c10-7(11)6(15)3-12-8-5(14(18)19)2-1-4(13-8)9(16)17/h1-2,6-7,15H,3H2,(H,12,13)(H,16,17). The summed E-state index contributed by atoms with van der Waals surface area (Å²) in [5.41, 5.74) is -1.06. The van der Waals surface area contributed by atoms with Crippen molar-refractivity contribution in [2.75, 3.05) is 11.9 Å². The van der Waals surface area contributed by atoms with Crippen molar-refractivity contribution in [1.82, 2.24) is 4.98 Å². The zero-order chi connectivity index (χ0) is 14.6. The first kappa shape index (κ1) is 14.7. The van der Waals surface area contributed by atoms with Crippen LogP contribution in [0.4, 0.5) is 20.3 Å². The largest absolute Gasteiger partial charge is 0.477 e. The van der Waals surface area contributed by atoms with Gasteiger partial charge in [-0.15, -0.1) is 0 Å². The number of alkyl halides is 2. The molecule has 0 saturated heterocycles. The molecule has 0 amide bonds. The third kappa shape index (κ3) is 3.81. The molecule has 0 spiro atoms. The van der Waals surface area contributed by atoms with Gasteiger partial charge in [0.15, 0.2) is 5.69 Å². The number of carboxylic acid groups (broad SMARTS) is 1. The smallest absolute Gasteiger partial charge is 0.354 e. The van der Waals surface area contributed by atoms with Gasteiger partial charge < -0.3 is 15.5 Å². The molecule has 0 bridgehead atoms. The zero-order valence-corrected chi connectivity index (χ0v) is 9.29. The monoisotopic (exact) mass is 277 g/mol. The summed E-state index contributed by atoms with van der Waals surface area (Å²) in [5.74, 6) is -1.92. The summed E-state index contributed by atoms with van der Waals surface area (Å²) in [7, 11) is 0. The summed E-state index contributed by atoms with van der Waals surface area (Å²) in [6.07, 6.45) is -5.08. The van der Waals surface area contributed by atoms with Crippen LogP contribution in [0.2, 0.25) is 0 Å². The van der Waals surface area contributed by atoms with Crippen molar-refractivity contribution in [3.8, 4) is 0 Å². The van der Waals surface area contributed by atoms with Crippen LogP contribution >= 0.6 is 0 Å². The Morgan fingerprint density at radius 3 is 2.63 bits per heavy atom. The fourth-order valence-corrected chi connectivity index (χ4v) is 1.14. The maximum Gasteiger partial charge on any atom is 0.354 e. The van der Waals surface area contributed by atoms with Crippen LogP contribution < -0.4 is 5.32 Å². The van der Waals surface area contributed by atoms with Crippen LogP contribution in [0.15, 0.2) is 12.1 Å². The number of aliphatic hydroxyl groups excluding tert-OH is 1. The number of nitrogens with one attached hydrogen (secondary N) is 1. The van der Waals surface area contributed by atoms with Crippen LogP contribution in [0.3, 0.4) is 0 Å². The Hall–Kier alpha value is -2.36. The number of pyridine rings is 1. The first-order valence-corrected chi connectivity index (χ1v) is 4.91. The summed E-state index contributed by atoms with van der Waals surface area (Å²) in [4.78, 5) is 23.9. The number of anilines is 1. The van der Waals surface area contributed by atoms with Gasteiger partial charge in [0, 0.05) is 12.6 Å². The average Bonchev–Trinajstić information content (AvgIpc) is 2.34. The summed E-state index contributed by atoms with van der Waals surface area (Å²) in [6.45, 7) is -0.700. The molecular weight excluding hydrogens is 268 g/mol. The Kier molecular flexibility index (Phi) is 4.64. The normalized spacial score (nSPS) is 12.2. The van der Waals surface area contributed by atoms with Crippen molar-refractivity contribution in [3.05, 3.63) is 27.9 Å². The van der Waals surface area contributed by atoms with Crippen molar-refractivity contribution < 1.29 is 28.7 Å². The van der Waals surface area contributed by atoms with Crippen molar-refractivity contribution in [3.63, 3.8) is 0 Å². The molecule has 8 nitrogen and oxygen atoms in total. The van der Waals surface area contributed by atoms with E-state index >= 15 is 0 Å². The summed E-state index contributed by atoms with van der Waals surface area (Å²) >= 11 is 0. The summed E-state index contributed by atoms with van der Waals surface area (Å²) in [5, 5.41) is 30.3. The molecule has 0 radical (unpaired) electrons. The van der Waals surface area contributed by atoms with E-state index in [1.165, 1.54) is 0 Å². The molecule has 0 aromatic carbocycles. The maximum absolute atomic E-state index is 12.1. The van der Waals surface area contributed by atoms with Crippen LogP contribution in [-0.4, -0.2) is 45.2 Å². The number of hydrogen-bond donors (Lipinski definition) is 3. The molecule has 10 heteroatoms. The molecule has 0 saturated carbocycles. The first-order valence-electron chi connectivity index (χ1n) is 4.91. The van der Waals surface area contributed by atoms with Gasteiger partial charge in [-0.05, 0) is 6.07 Å². The lowest BCUT2D eigenvalue weighted by Gasteiger charge is -2.11. The SMILES string of the molecule is O=C(O)c1ccc([N+](=O)[O-])c(NCC(O)C(F)F)n1. The minimum Gasteiger partial charge on any atom is -0.477 e. The Balaban J connectivity index is 2.98. The lowest BCUT2D eigenvalue weighted by Crippen LogP contribution is -2.27. The summed E-state index contributed by atoms with van der Waals surface area (Å²) in [6, 6.07) is 1.79. The maximum atomic E-state index is 12.1. The minimum atomic E-state index is -3.03. The van der Waals surface area contributed by atoms with Crippen LogP contribution in [0, 0.1) is 10.1 Å². The Bertz CT molecular complexity index is 497. The second-order valence-corrected chi connectivity index (χ2v) is 3.41. The molecule has 104 valence electrons. The molecule has 1 unspecified atom stereocenters. The van der Waals surface area contributed by atoms with E-state index in [0.717, 1.165) is 12.1 Å². The quantitative estimate of drug-likeness (QED) is 0.516. The molecule has 0 aliphatic heterocycles. The molecule has 1 aromatic heterocycles. The van der Waals surface area contributed by atoms with Crippen molar-refractivity contribution >= 4 is 17.5 Å². The molecule has 3 N–H and O–H groups in total. The fraction of sp³-hybridized carbons (Fsp3) is 0.333. The number of carboxylic acids is 1. The number of carbonyl (C=O) groups is 1. The lowest BCUT2D eigenvalue weighted by molar-refractivity contribution is -0.384. The fourth-order valence-electron chi connectivity index (χ4n) is 1.14. The first-order chi connectivity index (χ1) is 8.82. The van der Waals surface area contributed by atoms with Crippen LogP contribution in [0.5, 0.6) is 0 Å². The predicted octanol–water partition coefficient (Wildman–Crippen LogP) is 0.726. The van der Waals surface area contributed by atoms with Gasteiger partial charge in [-0.1, -0.05) is 0 Å². The molecule has 1 rings (SSSR count). The molecule has 1 aromatic rings. The highest BCUT2D eigenvalue weighted by Crippen LogP contribution is 2.22. The number of halogens is 2. The topological polar surface area (TPSA) is 126 Å². The second kappa shape index (κ2) is 6.00. The predicted molar refractivity (Wildman–Crippen MR) is 58.4 cm³/mol. The Morgan fingerprint density at radius 1 is 1.53 bits per heavy atom. The van der Waals surface area contributed by atoms with Crippen molar-refractivity contribution in [2.24, 2.45) is 0 Å². The van der Waals surface area contributed by atoms with E-state index in [4.69, 9.17) is 10.2 Å². The van der Waals surface area contributed by atoms with Crippen LogP contribution in [-0.2, 0) is 0 Å². The molecule has 0 fully saturated rings. The van der Waals surface area contributed by atoms with Crippen LogP contribution in [0.1, 0.15) is 10.5 Å². The highest BCUT2D eigenvalue weighted by molar-refractivity contribution is 5.86. The van der Waals surface area contributed by atoms with Crippen molar-refractivity contribution in [2.45, 2.75) is 12.5 Å². The number of nitrogens with zero attached hydrogens (tertiary/aromatic N) is 2. The van der Waals surface area contributed by atoms with Gasteiger partial charge in [0.25, 0.3) is 6.43 Å². The van der Waals surface area contributed by atoms with Gasteiger partial charge in [0.2, 0.25) is 5.82 Å². The van der Waals surface area contributed by atoms with Crippen molar-refractivity contribution in [1.29, 1.82) is 0 Å². The van der Waals surface area contributed by atoms with E-state index in [9.17, 15) is 23.7 Å². The molecule has 0 aliphatic carbocycles. The van der Waals surface area contributed by atoms with Gasteiger partial charge in [0.1, 0.15) is 6.10 Å². The van der Waals surface area contributed by atoms with Gasteiger partial charge in [-0.2, -0.15) is 0 Å². The highest BCUT2D eigenvalue weighted by atomic mass is 19.3. The molecule has 1 heterocycles. The highest BCUT2D eigenvalue weighted by Gasteiger charge is 2.21. The van der Waals surface area contributed by atoms with E-state index in [2.05, 4.69) is 10.3 Å². The lowest BCUT2D eigenvalue weighted by atomic mass is 10.3.